The fraction of sp³-hybridized carbons (Fsp3) is 0. The first-order valence-electron chi connectivity index (χ1n) is 5.04. The number of benzene rings is 2. The van der Waals surface area contributed by atoms with Gasteiger partial charge in [0.25, 0.3) is 0 Å². The van der Waals surface area contributed by atoms with Gasteiger partial charge in [-0.15, -0.1) is 0 Å². The number of hydrogen-bond donors (Lipinski definition) is 0. The summed E-state index contributed by atoms with van der Waals surface area (Å²) in [5.41, 5.74) is -0.327. The summed E-state index contributed by atoms with van der Waals surface area (Å²) in [6.07, 6.45) is 0. The Morgan fingerprint density at radius 1 is 1.21 bits per heavy atom. The van der Waals surface area contributed by atoms with Crippen LogP contribution < -0.4 is 4.74 Å². The molecular weight excluding hydrogens is 340 g/mol. The summed E-state index contributed by atoms with van der Waals surface area (Å²) >= 11 is 8.85. The molecule has 2 rings (SSSR count). The van der Waals surface area contributed by atoms with Crippen LogP contribution >= 0.6 is 27.5 Å². The van der Waals surface area contributed by atoms with Crippen molar-refractivity contribution in [2.24, 2.45) is 0 Å². The lowest BCUT2D eigenvalue weighted by Gasteiger charge is -2.07. The van der Waals surface area contributed by atoms with Gasteiger partial charge < -0.3 is 4.74 Å². The van der Waals surface area contributed by atoms with Crippen molar-refractivity contribution in [3.8, 4) is 11.5 Å². The lowest BCUT2D eigenvalue weighted by atomic mass is 10.3. The average Bonchev–Trinajstić information content (AvgIpc) is 2.35. The predicted octanol–water partition coefficient (Wildman–Crippen LogP) is 4.94. The van der Waals surface area contributed by atoms with E-state index in [2.05, 4.69) is 15.9 Å². The van der Waals surface area contributed by atoms with Crippen molar-refractivity contribution in [3.05, 3.63) is 61.8 Å². The lowest BCUT2D eigenvalue weighted by molar-refractivity contribution is -0.385. The maximum absolute atomic E-state index is 13.5. The van der Waals surface area contributed by atoms with E-state index in [0.29, 0.717) is 4.47 Å². The van der Waals surface area contributed by atoms with Gasteiger partial charge >= 0.3 is 5.69 Å². The Morgan fingerprint density at radius 2 is 1.95 bits per heavy atom. The Bertz CT molecular complexity index is 651. The Hall–Kier alpha value is -1.66. The second-order valence-corrected chi connectivity index (χ2v) is 4.90. The summed E-state index contributed by atoms with van der Waals surface area (Å²) < 4.78 is 19.4. The van der Waals surface area contributed by atoms with Crippen LogP contribution in [0.4, 0.5) is 10.1 Å². The van der Waals surface area contributed by atoms with Crippen LogP contribution in [0.15, 0.2) is 40.9 Å². The van der Waals surface area contributed by atoms with Crippen molar-refractivity contribution in [1.29, 1.82) is 0 Å². The molecule has 0 aliphatic carbocycles. The summed E-state index contributed by atoms with van der Waals surface area (Å²) in [6, 6.07) is 7.97. The van der Waals surface area contributed by atoms with Crippen LogP contribution in [0.1, 0.15) is 0 Å². The maximum atomic E-state index is 13.5. The molecule has 19 heavy (non-hydrogen) atoms. The van der Waals surface area contributed by atoms with E-state index in [0.717, 1.165) is 6.07 Å². The molecule has 0 aliphatic rings. The van der Waals surface area contributed by atoms with Gasteiger partial charge in [-0.05, 0) is 30.3 Å². The topological polar surface area (TPSA) is 52.4 Å². The normalized spacial score (nSPS) is 10.3. The minimum Gasteiger partial charge on any atom is -0.447 e. The standard InChI is InChI=1S/C12H6BrClFNO3/c13-7-1-3-9(15)12(5-7)19-11-4-2-8(14)6-10(11)16(17)18/h1-6H. The third kappa shape index (κ3) is 3.21. The Labute approximate surface area is 121 Å². The number of rotatable bonds is 3. The zero-order valence-electron chi connectivity index (χ0n) is 9.27. The Morgan fingerprint density at radius 3 is 2.63 bits per heavy atom. The summed E-state index contributed by atoms with van der Waals surface area (Å²) in [5.74, 6) is -0.807. The summed E-state index contributed by atoms with van der Waals surface area (Å²) in [7, 11) is 0. The van der Waals surface area contributed by atoms with Crippen LogP contribution in [-0.2, 0) is 0 Å². The maximum Gasteiger partial charge on any atom is 0.313 e. The number of halogens is 3. The molecule has 0 aliphatic heterocycles. The highest BCUT2D eigenvalue weighted by Gasteiger charge is 2.17. The molecule has 0 fully saturated rings. The molecule has 0 saturated heterocycles. The van der Waals surface area contributed by atoms with Crippen LogP contribution in [0.5, 0.6) is 11.5 Å². The molecule has 2 aromatic carbocycles. The average molecular weight is 347 g/mol. The Kier molecular flexibility index (Phi) is 4.01. The number of hydrogen-bond acceptors (Lipinski definition) is 3. The quantitative estimate of drug-likeness (QED) is 0.584. The van der Waals surface area contributed by atoms with Crippen LogP contribution in [0.2, 0.25) is 5.02 Å². The third-order valence-corrected chi connectivity index (χ3v) is 2.96. The highest BCUT2D eigenvalue weighted by Crippen LogP contribution is 2.35. The molecule has 0 saturated carbocycles. The highest BCUT2D eigenvalue weighted by atomic mass is 79.9. The van der Waals surface area contributed by atoms with Gasteiger partial charge in [0.05, 0.1) is 4.92 Å². The predicted molar refractivity (Wildman–Crippen MR) is 72.3 cm³/mol. The highest BCUT2D eigenvalue weighted by molar-refractivity contribution is 9.10. The molecule has 0 spiro atoms. The number of nitro benzene ring substituents is 1. The molecule has 0 radical (unpaired) electrons. The molecule has 0 amide bonds. The molecule has 0 atom stereocenters. The van der Waals surface area contributed by atoms with Gasteiger partial charge in [-0.3, -0.25) is 10.1 Å². The van der Waals surface area contributed by atoms with Gasteiger partial charge in [0.2, 0.25) is 5.75 Å². The smallest absolute Gasteiger partial charge is 0.313 e. The summed E-state index contributed by atoms with van der Waals surface area (Å²) in [5, 5.41) is 11.1. The fourth-order valence-electron chi connectivity index (χ4n) is 1.39. The Balaban J connectivity index is 2.43. The van der Waals surface area contributed by atoms with E-state index in [1.165, 1.54) is 30.3 Å². The number of nitro groups is 1. The molecular formula is C12H6BrClFNO3. The van der Waals surface area contributed by atoms with Gasteiger partial charge in [-0.25, -0.2) is 4.39 Å². The number of ether oxygens (including phenoxy) is 1. The minimum absolute atomic E-state index is 0.0774. The molecule has 0 N–H and O–H groups in total. The molecule has 98 valence electrons. The fourth-order valence-corrected chi connectivity index (χ4v) is 1.90. The van der Waals surface area contributed by atoms with E-state index >= 15 is 0 Å². The van der Waals surface area contributed by atoms with Crippen LogP contribution in [0.3, 0.4) is 0 Å². The van der Waals surface area contributed by atoms with Crippen LogP contribution in [0, 0.1) is 15.9 Å². The van der Waals surface area contributed by atoms with Crippen molar-refractivity contribution < 1.29 is 14.1 Å². The second-order valence-electron chi connectivity index (χ2n) is 3.55. The number of nitrogens with zero attached hydrogens (tertiary/aromatic N) is 1. The van der Waals surface area contributed by atoms with E-state index in [1.807, 2.05) is 0 Å². The first kappa shape index (κ1) is 13.8. The van der Waals surface area contributed by atoms with Gasteiger partial charge in [0, 0.05) is 15.6 Å². The van der Waals surface area contributed by atoms with Crippen LogP contribution in [-0.4, -0.2) is 4.92 Å². The second kappa shape index (κ2) is 5.54. The lowest BCUT2D eigenvalue weighted by Crippen LogP contribution is -1.95. The monoisotopic (exact) mass is 345 g/mol. The van der Waals surface area contributed by atoms with Gasteiger partial charge in [-0.2, -0.15) is 0 Å². The van der Waals surface area contributed by atoms with Gasteiger partial charge in [0.15, 0.2) is 11.6 Å². The molecule has 2 aromatic rings. The van der Waals surface area contributed by atoms with E-state index < -0.39 is 10.7 Å². The van der Waals surface area contributed by atoms with Crippen LogP contribution in [0.25, 0.3) is 0 Å². The van der Waals surface area contributed by atoms with E-state index in [-0.39, 0.29) is 22.2 Å². The van der Waals surface area contributed by atoms with Crippen molar-refractivity contribution in [2.75, 3.05) is 0 Å². The first-order chi connectivity index (χ1) is 8.97. The largest absolute Gasteiger partial charge is 0.447 e. The van der Waals surface area contributed by atoms with E-state index in [9.17, 15) is 14.5 Å². The van der Waals surface area contributed by atoms with Gasteiger partial charge in [-0.1, -0.05) is 27.5 Å². The molecule has 4 nitrogen and oxygen atoms in total. The summed E-state index contributed by atoms with van der Waals surface area (Å²) in [4.78, 5) is 10.2. The van der Waals surface area contributed by atoms with Crippen molar-refractivity contribution >= 4 is 33.2 Å². The SMILES string of the molecule is O=[N+]([O-])c1cc(Cl)ccc1Oc1cc(Br)ccc1F. The zero-order valence-corrected chi connectivity index (χ0v) is 11.6. The minimum atomic E-state index is -0.642. The molecule has 7 heteroatoms. The molecule has 0 unspecified atom stereocenters. The summed E-state index contributed by atoms with van der Waals surface area (Å²) in [6.45, 7) is 0. The van der Waals surface area contributed by atoms with Crippen molar-refractivity contribution in [1.82, 2.24) is 0 Å². The van der Waals surface area contributed by atoms with Crippen molar-refractivity contribution in [3.63, 3.8) is 0 Å². The van der Waals surface area contributed by atoms with E-state index in [4.69, 9.17) is 16.3 Å². The first-order valence-corrected chi connectivity index (χ1v) is 6.21. The van der Waals surface area contributed by atoms with Gasteiger partial charge in [0.1, 0.15) is 0 Å². The third-order valence-electron chi connectivity index (χ3n) is 2.23. The zero-order chi connectivity index (χ0) is 14.0. The van der Waals surface area contributed by atoms with E-state index in [1.54, 1.807) is 0 Å². The molecule has 0 heterocycles. The van der Waals surface area contributed by atoms with Crippen molar-refractivity contribution in [2.45, 2.75) is 0 Å². The molecule has 0 bridgehead atoms. The molecule has 0 aromatic heterocycles.